The highest BCUT2D eigenvalue weighted by Crippen LogP contribution is 2.21. The van der Waals surface area contributed by atoms with Crippen molar-refractivity contribution in [1.82, 2.24) is 9.55 Å². The maximum atomic E-state index is 6.05. The molecule has 0 amide bonds. The number of nitrogens with zero attached hydrogens (tertiary/aromatic N) is 2. The molecule has 0 atom stereocenters. The predicted octanol–water partition coefficient (Wildman–Crippen LogP) is 4.83. The van der Waals surface area contributed by atoms with Gasteiger partial charge in [0.1, 0.15) is 23.9 Å². The predicted molar refractivity (Wildman–Crippen MR) is 95.1 cm³/mol. The van der Waals surface area contributed by atoms with Gasteiger partial charge in [-0.05, 0) is 48.0 Å². The fourth-order valence-electron chi connectivity index (χ4n) is 2.34. The van der Waals surface area contributed by atoms with Crippen molar-refractivity contribution in [3.8, 4) is 11.5 Å². The molecule has 24 heavy (non-hydrogen) atoms. The monoisotopic (exact) mass is 362 g/mol. The highest BCUT2D eigenvalue weighted by atomic mass is 35.5. The van der Waals surface area contributed by atoms with Gasteiger partial charge in [-0.2, -0.15) is 0 Å². The van der Waals surface area contributed by atoms with Crippen LogP contribution in [0.15, 0.2) is 54.9 Å². The van der Waals surface area contributed by atoms with E-state index in [1.165, 1.54) is 0 Å². The lowest BCUT2D eigenvalue weighted by molar-refractivity contribution is 0.290. The quantitative estimate of drug-likeness (QED) is 0.630. The van der Waals surface area contributed by atoms with Crippen molar-refractivity contribution in [3.05, 3.63) is 76.3 Å². The van der Waals surface area contributed by atoms with E-state index in [1.807, 2.05) is 47.2 Å². The lowest BCUT2D eigenvalue weighted by atomic mass is 10.2. The number of aromatic nitrogens is 2. The summed E-state index contributed by atoms with van der Waals surface area (Å²) in [5.74, 6) is 2.37. The molecule has 3 aromatic rings. The number of benzene rings is 2. The maximum Gasteiger partial charge on any atom is 0.147 e. The van der Waals surface area contributed by atoms with Gasteiger partial charge in [0, 0.05) is 29.0 Å². The van der Waals surface area contributed by atoms with E-state index in [4.69, 9.17) is 32.7 Å². The Morgan fingerprint density at radius 2 is 1.67 bits per heavy atom. The van der Waals surface area contributed by atoms with Gasteiger partial charge in [0.05, 0.1) is 7.11 Å². The van der Waals surface area contributed by atoms with E-state index in [1.54, 1.807) is 19.4 Å². The molecule has 0 fully saturated rings. The average molecular weight is 363 g/mol. The molecule has 0 saturated carbocycles. The molecule has 6 heteroatoms. The van der Waals surface area contributed by atoms with Crippen LogP contribution >= 0.6 is 23.2 Å². The van der Waals surface area contributed by atoms with Crippen LogP contribution < -0.4 is 9.47 Å². The Kier molecular flexibility index (Phi) is 5.28. The summed E-state index contributed by atoms with van der Waals surface area (Å²) in [5.41, 5.74) is 1.01. The number of hydrogen-bond donors (Lipinski definition) is 0. The zero-order chi connectivity index (χ0) is 16.9. The highest BCUT2D eigenvalue weighted by Gasteiger charge is 2.06. The Labute approximate surface area is 150 Å². The van der Waals surface area contributed by atoms with E-state index in [0.29, 0.717) is 23.2 Å². The second-order valence-corrected chi connectivity index (χ2v) is 6.09. The number of hydrogen-bond acceptors (Lipinski definition) is 3. The first-order valence-corrected chi connectivity index (χ1v) is 8.11. The fraction of sp³-hybridized carbons (Fsp3) is 0.167. The maximum absolute atomic E-state index is 6.05. The van der Waals surface area contributed by atoms with Crippen LogP contribution in [0.4, 0.5) is 0 Å². The average Bonchev–Trinajstić information content (AvgIpc) is 2.99. The van der Waals surface area contributed by atoms with Crippen LogP contribution in [-0.2, 0) is 13.2 Å². The normalized spacial score (nSPS) is 10.6. The van der Waals surface area contributed by atoms with Crippen molar-refractivity contribution in [2.24, 2.45) is 0 Å². The summed E-state index contributed by atoms with van der Waals surface area (Å²) in [5, 5.41) is 1.24. The third kappa shape index (κ3) is 4.22. The van der Waals surface area contributed by atoms with Gasteiger partial charge >= 0.3 is 0 Å². The van der Waals surface area contributed by atoms with Crippen molar-refractivity contribution in [1.29, 1.82) is 0 Å². The molecule has 2 aromatic carbocycles. The molecule has 0 aliphatic rings. The molecule has 3 rings (SSSR count). The molecule has 0 bridgehead atoms. The second-order valence-electron chi connectivity index (χ2n) is 5.21. The van der Waals surface area contributed by atoms with Crippen molar-refractivity contribution in [3.63, 3.8) is 0 Å². The Morgan fingerprint density at radius 3 is 2.33 bits per heavy atom. The third-order valence-electron chi connectivity index (χ3n) is 3.50. The molecule has 1 heterocycles. The Morgan fingerprint density at radius 1 is 1.00 bits per heavy atom. The minimum atomic E-state index is 0.369. The molecular formula is C18H16Cl2N2O2. The van der Waals surface area contributed by atoms with Crippen molar-refractivity contribution in [2.45, 2.75) is 13.2 Å². The topological polar surface area (TPSA) is 36.3 Å². The summed E-state index contributed by atoms with van der Waals surface area (Å²) in [6.07, 6.45) is 3.65. The molecule has 4 nitrogen and oxygen atoms in total. The van der Waals surface area contributed by atoms with E-state index in [-0.39, 0.29) is 0 Å². The van der Waals surface area contributed by atoms with Gasteiger partial charge in [0.2, 0.25) is 0 Å². The summed E-state index contributed by atoms with van der Waals surface area (Å²) in [7, 11) is 1.63. The second kappa shape index (κ2) is 7.60. The van der Waals surface area contributed by atoms with Crippen molar-refractivity contribution < 1.29 is 9.47 Å². The van der Waals surface area contributed by atoms with E-state index >= 15 is 0 Å². The molecule has 0 N–H and O–H groups in total. The third-order valence-corrected chi connectivity index (χ3v) is 3.94. The van der Waals surface area contributed by atoms with Crippen LogP contribution in [0, 0.1) is 0 Å². The molecule has 0 aliphatic heterocycles. The van der Waals surface area contributed by atoms with Gasteiger partial charge < -0.3 is 14.0 Å². The van der Waals surface area contributed by atoms with E-state index in [0.717, 1.165) is 22.9 Å². The van der Waals surface area contributed by atoms with Crippen LogP contribution in [0.2, 0.25) is 10.0 Å². The van der Waals surface area contributed by atoms with Gasteiger partial charge in [-0.3, -0.25) is 0 Å². The number of ether oxygens (including phenoxy) is 2. The molecule has 0 saturated heterocycles. The summed E-state index contributed by atoms with van der Waals surface area (Å²) in [6.45, 7) is 0.995. The minimum Gasteiger partial charge on any atom is -0.497 e. The number of methoxy groups -OCH3 is 1. The first-order chi connectivity index (χ1) is 11.6. The minimum absolute atomic E-state index is 0.369. The van der Waals surface area contributed by atoms with E-state index in [2.05, 4.69) is 4.98 Å². The standard InChI is InChI=1S/C18H16Cl2N2O2/c1-23-16-2-4-17(5-3-16)24-12-18-21-6-7-22(18)11-13-8-14(19)10-15(20)9-13/h2-10H,11-12H2,1H3. The Balaban J connectivity index is 1.68. The van der Waals surface area contributed by atoms with Gasteiger partial charge in [-0.15, -0.1) is 0 Å². The van der Waals surface area contributed by atoms with Crippen molar-refractivity contribution >= 4 is 23.2 Å². The Bertz CT molecular complexity index is 796. The first-order valence-electron chi connectivity index (χ1n) is 7.36. The van der Waals surface area contributed by atoms with E-state index < -0.39 is 0 Å². The summed E-state index contributed by atoms with van der Waals surface area (Å²) < 4.78 is 12.9. The van der Waals surface area contributed by atoms with Gasteiger partial charge in [-0.25, -0.2) is 4.98 Å². The highest BCUT2D eigenvalue weighted by molar-refractivity contribution is 6.34. The number of imidazole rings is 1. The van der Waals surface area contributed by atoms with Crippen LogP contribution in [-0.4, -0.2) is 16.7 Å². The summed E-state index contributed by atoms with van der Waals surface area (Å²) >= 11 is 12.1. The fourth-order valence-corrected chi connectivity index (χ4v) is 2.91. The number of halogens is 2. The van der Waals surface area contributed by atoms with Gasteiger partial charge in [0.25, 0.3) is 0 Å². The van der Waals surface area contributed by atoms with Gasteiger partial charge in [0.15, 0.2) is 0 Å². The summed E-state index contributed by atoms with van der Waals surface area (Å²) in [6, 6.07) is 12.9. The molecule has 0 unspecified atom stereocenters. The van der Waals surface area contributed by atoms with E-state index in [9.17, 15) is 0 Å². The molecule has 124 valence electrons. The van der Waals surface area contributed by atoms with Crippen LogP contribution in [0.5, 0.6) is 11.5 Å². The van der Waals surface area contributed by atoms with Crippen LogP contribution in [0.25, 0.3) is 0 Å². The number of rotatable bonds is 6. The largest absolute Gasteiger partial charge is 0.497 e. The van der Waals surface area contributed by atoms with Crippen LogP contribution in [0.3, 0.4) is 0 Å². The smallest absolute Gasteiger partial charge is 0.147 e. The molecular weight excluding hydrogens is 347 g/mol. The SMILES string of the molecule is COc1ccc(OCc2nccn2Cc2cc(Cl)cc(Cl)c2)cc1. The molecule has 0 radical (unpaired) electrons. The molecule has 0 aliphatic carbocycles. The Hall–Kier alpha value is -2.17. The first kappa shape index (κ1) is 16.7. The van der Waals surface area contributed by atoms with Gasteiger partial charge in [-0.1, -0.05) is 23.2 Å². The molecule has 0 spiro atoms. The van der Waals surface area contributed by atoms with Crippen molar-refractivity contribution in [2.75, 3.05) is 7.11 Å². The lowest BCUT2D eigenvalue weighted by Gasteiger charge is -2.10. The summed E-state index contributed by atoms with van der Waals surface area (Å²) in [4.78, 5) is 4.35. The lowest BCUT2D eigenvalue weighted by Crippen LogP contribution is -2.07. The molecule has 1 aromatic heterocycles. The zero-order valence-corrected chi connectivity index (χ0v) is 14.6. The zero-order valence-electron chi connectivity index (χ0n) is 13.1. The van der Waals surface area contributed by atoms with Crippen LogP contribution in [0.1, 0.15) is 11.4 Å².